The Bertz CT molecular complexity index is 279. The van der Waals surface area contributed by atoms with Crippen LogP contribution in [0.25, 0.3) is 0 Å². The van der Waals surface area contributed by atoms with E-state index >= 15 is 0 Å². The Balaban J connectivity index is 1.70. The Morgan fingerprint density at radius 2 is 2.00 bits per heavy atom. The fourth-order valence-electron chi connectivity index (χ4n) is 4.35. The van der Waals surface area contributed by atoms with Gasteiger partial charge in [0.1, 0.15) is 12.0 Å². The van der Waals surface area contributed by atoms with Gasteiger partial charge in [0.25, 0.3) is 0 Å². The van der Waals surface area contributed by atoms with Crippen LogP contribution in [0.3, 0.4) is 0 Å². The Kier molecular flexibility index (Phi) is 2.42. The van der Waals surface area contributed by atoms with Crippen LogP contribution in [0, 0.1) is 23.7 Å². The summed E-state index contributed by atoms with van der Waals surface area (Å²) in [5, 5.41) is 0. The van der Waals surface area contributed by atoms with E-state index in [4.69, 9.17) is 16.3 Å². The van der Waals surface area contributed by atoms with Crippen LogP contribution in [-0.4, -0.2) is 18.0 Å². The summed E-state index contributed by atoms with van der Waals surface area (Å²) in [6.07, 6.45) is 6.71. The highest BCUT2D eigenvalue weighted by atomic mass is 35.5. The fourth-order valence-corrected chi connectivity index (χ4v) is 4.41. The molecule has 0 radical (unpaired) electrons. The molecule has 3 aliphatic carbocycles. The molecule has 0 aromatic rings. The van der Waals surface area contributed by atoms with Gasteiger partial charge in [0, 0.05) is 5.92 Å². The molecule has 2 bridgehead atoms. The summed E-state index contributed by atoms with van der Waals surface area (Å²) < 4.78 is 5.46. The largest absolute Gasteiger partial charge is 0.461 e. The number of carbonyl (C=O) groups excluding carboxylic acids is 1. The molecule has 0 N–H and O–H groups in total. The van der Waals surface area contributed by atoms with Gasteiger partial charge in [0.05, 0.1) is 0 Å². The first-order valence-electron chi connectivity index (χ1n) is 6.05. The minimum absolute atomic E-state index is 0.00197. The van der Waals surface area contributed by atoms with Gasteiger partial charge in [-0.15, -0.1) is 11.6 Å². The fraction of sp³-hybridized carbons (Fsp3) is 0.917. The molecule has 0 spiro atoms. The number of alkyl halides is 1. The minimum Gasteiger partial charge on any atom is -0.461 e. The number of rotatable bonds is 2. The van der Waals surface area contributed by atoms with E-state index in [-0.39, 0.29) is 18.0 Å². The number of esters is 1. The summed E-state index contributed by atoms with van der Waals surface area (Å²) in [5.74, 6) is 3.09. The Morgan fingerprint density at radius 3 is 2.80 bits per heavy atom. The van der Waals surface area contributed by atoms with Crippen LogP contribution in [-0.2, 0) is 9.53 Å². The summed E-state index contributed by atoms with van der Waals surface area (Å²) in [7, 11) is 0. The summed E-state index contributed by atoms with van der Waals surface area (Å²) in [6, 6.07) is 0. The van der Waals surface area contributed by atoms with E-state index in [0.29, 0.717) is 5.92 Å². The molecule has 3 saturated carbocycles. The van der Waals surface area contributed by atoms with Crippen LogP contribution in [0.2, 0.25) is 0 Å². The zero-order chi connectivity index (χ0) is 10.4. The predicted octanol–water partition coefficient (Wildman–Crippen LogP) is 2.59. The number of hydrogen-bond donors (Lipinski definition) is 0. The van der Waals surface area contributed by atoms with Gasteiger partial charge in [-0.3, -0.25) is 4.79 Å². The standard InChI is InChI=1S/C12H17ClO2/c13-6-11(14)15-10-4-3-9-7-1-2-8(5-7)12(9)10/h7-10,12H,1-6H2/t7?,8?,9?,10-,12?/m0/s1. The van der Waals surface area contributed by atoms with E-state index in [0.717, 1.165) is 24.2 Å². The third kappa shape index (κ3) is 1.49. The Hall–Kier alpha value is -0.240. The van der Waals surface area contributed by atoms with Gasteiger partial charge in [0.15, 0.2) is 0 Å². The monoisotopic (exact) mass is 228 g/mol. The third-order valence-corrected chi connectivity index (χ3v) is 4.98. The maximum atomic E-state index is 11.2. The Labute approximate surface area is 95.3 Å². The van der Waals surface area contributed by atoms with Crippen molar-refractivity contribution in [3.8, 4) is 0 Å². The van der Waals surface area contributed by atoms with Crippen molar-refractivity contribution in [1.82, 2.24) is 0 Å². The first-order chi connectivity index (χ1) is 7.29. The molecule has 15 heavy (non-hydrogen) atoms. The van der Waals surface area contributed by atoms with Crippen LogP contribution >= 0.6 is 11.6 Å². The molecule has 3 aliphatic rings. The molecular formula is C12H17ClO2. The van der Waals surface area contributed by atoms with Gasteiger partial charge < -0.3 is 4.74 Å². The molecular weight excluding hydrogens is 212 g/mol. The molecule has 3 rings (SSSR count). The van der Waals surface area contributed by atoms with Gasteiger partial charge >= 0.3 is 5.97 Å². The van der Waals surface area contributed by atoms with Crippen molar-refractivity contribution >= 4 is 17.6 Å². The second kappa shape index (κ2) is 3.65. The summed E-state index contributed by atoms with van der Waals surface area (Å²) in [5.41, 5.74) is 0. The molecule has 0 aromatic carbocycles. The van der Waals surface area contributed by atoms with Crippen LogP contribution in [0.4, 0.5) is 0 Å². The first kappa shape index (κ1) is 9.95. The smallest absolute Gasteiger partial charge is 0.321 e. The molecule has 84 valence electrons. The van der Waals surface area contributed by atoms with Crippen molar-refractivity contribution < 1.29 is 9.53 Å². The predicted molar refractivity (Wildman–Crippen MR) is 57.6 cm³/mol. The summed E-state index contributed by atoms with van der Waals surface area (Å²) >= 11 is 5.48. The normalized spacial score (nSPS) is 46.9. The maximum Gasteiger partial charge on any atom is 0.321 e. The molecule has 3 fully saturated rings. The van der Waals surface area contributed by atoms with Gasteiger partial charge in [0.2, 0.25) is 0 Å². The van der Waals surface area contributed by atoms with E-state index in [1.54, 1.807) is 0 Å². The summed E-state index contributed by atoms with van der Waals surface area (Å²) in [4.78, 5) is 11.2. The molecule has 0 aliphatic heterocycles. The van der Waals surface area contributed by atoms with Crippen molar-refractivity contribution in [1.29, 1.82) is 0 Å². The van der Waals surface area contributed by atoms with Crippen LogP contribution in [0.1, 0.15) is 32.1 Å². The maximum absolute atomic E-state index is 11.2. The van der Waals surface area contributed by atoms with Crippen molar-refractivity contribution in [3.63, 3.8) is 0 Å². The van der Waals surface area contributed by atoms with Gasteiger partial charge in [-0.25, -0.2) is 0 Å². The lowest BCUT2D eigenvalue weighted by molar-refractivity contribution is -0.148. The number of hydrogen-bond acceptors (Lipinski definition) is 2. The number of halogens is 1. The average molecular weight is 229 g/mol. The molecule has 5 atom stereocenters. The van der Waals surface area contributed by atoms with Gasteiger partial charge in [-0.2, -0.15) is 0 Å². The second-order valence-electron chi connectivity index (χ2n) is 5.31. The molecule has 3 heteroatoms. The van der Waals surface area contributed by atoms with Crippen molar-refractivity contribution in [2.45, 2.75) is 38.2 Å². The topological polar surface area (TPSA) is 26.3 Å². The number of carbonyl (C=O) groups is 1. The zero-order valence-electron chi connectivity index (χ0n) is 8.82. The highest BCUT2D eigenvalue weighted by Gasteiger charge is 2.54. The van der Waals surface area contributed by atoms with E-state index in [2.05, 4.69) is 0 Å². The lowest BCUT2D eigenvalue weighted by atomic mass is 9.81. The SMILES string of the molecule is O=C(CCl)O[C@H]1CCC2C3CCC(C3)C21. The zero-order valence-corrected chi connectivity index (χ0v) is 9.58. The van der Waals surface area contributed by atoms with E-state index < -0.39 is 0 Å². The molecule has 4 unspecified atom stereocenters. The van der Waals surface area contributed by atoms with E-state index in [1.807, 2.05) is 0 Å². The highest BCUT2D eigenvalue weighted by molar-refractivity contribution is 6.26. The highest BCUT2D eigenvalue weighted by Crippen LogP contribution is 2.59. The molecule has 0 heterocycles. The molecule has 0 saturated heterocycles. The van der Waals surface area contributed by atoms with Crippen LogP contribution in [0.15, 0.2) is 0 Å². The third-order valence-electron chi connectivity index (χ3n) is 4.76. The van der Waals surface area contributed by atoms with E-state index in [9.17, 15) is 4.79 Å². The number of fused-ring (bicyclic) bond motifs is 5. The summed E-state index contributed by atoms with van der Waals surface area (Å²) in [6.45, 7) is 0. The lowest BCUT2D eigenvalue weighted by Gasteiger charge is -2.28. The molecule has 2 nitrogen and oxygen atoms in total. The second-order valence-corrected chi connectivity index (χ2v) is 5.58. The quantitative estimate of drug-likeness (QED) is 0.537. The van der Waals surface area contributed by atoms with Crippen LogP contribution in [0.5, 0.6) is 0 Å². The number of ether oxygens (including phenoxy) is 1. The molecule has 0 amide bonds. The van der Waals surface area contributed by atoms with Crippen LogP contribution < -0.4 is 0 Å². The van der Waals surface area contributed by atoms with Crippen molar-refractivity contribution in [2.75, 3.05) is 5.88 Å². The average Bonchev–Trinajstić information content (AvgIpc) is 2.89. The van der Waals surface area contributed by atoms with Crippen molar-refractivity contribution in [2.24, 2.45) is 23.7 Å². The molecule has 0 aromatic heterocycles. The van der Waals surface area contributed by atoms with Crippen molar-refractivity contribution in [3.05, 3.63) is 0 Å². The van der Waals surface area contributed by atoms with Gasteiger partial charge in [-0.05, 0) is 49.9 Å². The first-order valence-corrected chi connectivity index (χ1v) is 6.58. The van der Waals surface area contributed by atoms with Gasteiger partial charge in [-0.1, -0.05) is 0 Å². The van der Waals surface area contributed by atoms with E-state index in [1.165, 1.54) is 25.7 Å². The minimum atomic E-state index is -0.231. The lowest BCUT2D eigenvalue weighted by Crippen LogP contribution is -2.29. The Morgan fingerprint density at radius 1 is 1.20 bits per heavy atom.